The first-order chi connectivity index (χ1) is 60.5. The van der Waals surface area contributed by atoms with Crippen molar-refractivity contribution >= 4 is 131 Å². The lowest BCUT2D eigenvalue weighted by molar-refractivity contribution is 1.07. The van der Waals surface area contributed by atoms with Gasteiger partial charge >= 0.3 is 0 Å². The normalized spacial score (nSPS) is 11.9. The van der Waals surface area contributed by atoms with Gasteiger partial charge in [0.15, 0.2) is 34.9 Å². The van der Waals surface area contributed by atoms with Gasteiger partial charge in [-0.15, -0.1) is 0 Å². The highest BCUT2D eigenvalue weighted by Crippen LogP contribution is 2.46. The summed E-state index contributed by atoms with van der Waals surface area (Å²) in [4.78, 5) is 30.0. The summed E-state index contributed by atoms with van der Waals surface area (Å²) in [5, 5.41) is 17.6. The maximum Gasteiger partial charge on any atom is 0.164 e. The average Bonchev–Trinajstić information content (AvgIpc) is 1.55. The zero-order valence-electron chi connectivity index (χ0n) is 65.7. The van der Waals surface area contributed by atoms with Crippen molar-refractivity contribution in [2.45, 2.75) is 0 Å². The second-order valence-electron chi connectivity index (χ2n) is 31.7. The molecule has 10 nitrogen and oxygen atoms in total. The van der Waals surface area contributed by atoms with Gasteiger partial charge in [-0.2, -0.15) is 0 Å². The number of nitrogens with zero attached hydrogens (tertiary/aromatic N) is 10. The van der Waals surface area contributed by atoms with Crippen molar-refractivity contribution < 1.29 is 0 Å². The van der Waals surface area contributed by atoms with E-state index in [1.54, 1.807) is 0 Å². The Morgan fingerprint density at radius 1 is 0.148 bits per heavy atom. The molecule has 0 aliphatic heterocycles. The van der Waals surface area contributed by atoms with Crippen LogP contribution in [0.2, 0.25) is 0 Å². The van der Waals surface area contributed by atoms with Crippen LogP contribution in [0.15, 0.2) is 413 Å². The Morgan fingerprint density at radius 2 is 0.418 bits per heavy atom. The number of benzene rings is 18. The molecule has 0 fully saturated rings. The van der Waals surface area contributed by atoms with E-state index < -0.39 is 0 Å². The fourth-order valence-electron chi connectivity index (χ4n) is 19.2. The van der Waals surface area contributed by atoms with Crippen molar-refractivity contribution in [1.29, 1.82) is 0 Å². The second-order valence-corrected chi connectivity index (χ2v) is 31.7. The van der Waals surface area contributed by atoms with Crippen LogP contribution >= 0.6 is 0 Å². The van der Waals surface area contributed by atoms with Crippen LogP contribution in [0.3, 0.4) is 0 Å². The highest BCUT2D eigenvalue weighted by atomic mass is 15.1. The maximum absolute atomic E-state index is 5.06. The van der Waals surface area contributed by atoms with E-state index in [4.69, 9.17) is 29.9 Å². The van der Waals surface area contributed by atoms with Crippen LogP contribution in [0.4, 0.5) is 0 Å². The fourth-order valence-corrected chi connectivity index (χ4v) is 19.2. The first kappa shape index (κ1) is 68.6. The number of aromatic nitrogens is 10. The lowest BCUT2D eigenvalue weighted by Gasteiger charge is -2.13. The molecule has 0 aliphatic rings. The summed E-state index contributed by atoms with van der Waals surface area (Å²) in [5.74, 6) is 3.84. The lowest BCUT2D eigenvalue weighted by Crippen LogP contribution is -2.01. The first-order valence-electron chi connectivity index (χ1n) is 41.4. The predicted octanol–water partition coefficient (Wildman–Crippen LogP) is 28.4. The van der Waals surface area contributed by atoms with E-state index in [0.29, 0.717) is 34.9 Å². The summed E-state index contributed by atoms with van der Waals surface area (Å²) in [6.07, 6.45) is 0. The van der Waals surface area contributed by atoms with E-state index >= 15 is 0 Å². The molecular weight excluding hydrogens is 1490 g/mol. The molecule has 0 spiro atoms. The van der Waals surface area contributed by atoms with Crippen LogP contribution in [-0.4, -0.2) is 47.8 Å². The van der Waals surface area contributed by atoms with E-state index in [1.807, 2.05) is 121 Å². The SMILES string of the molecule is c1ccc(-c2nc(-c3ccccc3)nc(-c3cccc(-n4c5ccccc5c5cc(-c6cc(-c7ccc8c(c7)c7cccc9c%10ccccc%10n8c97)cc7ccccc67)ccc54)c3)n2)cc1.c1ccc(-c2nc(-c3ccccc3)nc(-c3cccc(-n4c5ccccc5c5cc(-c6ccc7c(c6)c6cccc8c9ccccc9n7c86)ccc54)c3)n2)cc1. The molecule has 0 unspecified atom stereocenters. The zero-order valence-corrected chi connectivity index (χ0v) is 65.7. The molecular formula is C112H68N10. The van der Waals surface area contributed by atoms with Crippen LogP contribution in [0.5, 0.6) is 0 Å². The van der Waals surface area contributed by atoms with Crippen LogP contribution < -0.4 is 0 Å². The topological polar surface area (TPSA) is 96.0 Å². The number of para-hydroxylation sites is 6. The van der Waals surface area contributed by atoms with Gasteiger partial charge in [0.25, 0.3) is 0 Å². The molecule has 0 N–H and O–H groups in total. The maximum atomic E-state index is 5.06. The van der Waals surface area contributed by atoms with Crippen molar-refractivity contribution in [3.63, 3.8) is 0 Å². The van der Waals surface area contributed by atoms with Gasteiger partial charge in [-0.1, -0.05) is 303 Å². The molecule has 0 amide bonds. The summed E-state index contributed by atoms with van der Waals surface area (Å²) in [6.45, 7) is 0. The number of fused-ring (bicyclic) bond motifs is 19. The largest absolute Gasteiger partial charge is 0.309 e. The first-order valence-corrected chi connectivity index (χ1v) is 41.4. The lowest BCUT2D eigenvalue weighted by atomic mass is 9.92. The molecule has 0 saturated heterocycles. The number of rotatable bonds is 11. The summed E-state index contributed by atoms with van der Waals surface area (Å²) < 4.78 is 9.61. The third-order valence-corrected chi connectivity index (χ3v) is 24.8. The molecule has 18 aromatic carbocycles. The Kier molecular flexibility index (Phi) is 15.5. The molecule has 0 saturated carbocycles. The quantitative estimate of drug-likeness (QED) is 0.128. The molecule has 0 atom stereocenters. The molecule has 8 heterocycles. The number of hydrogen-bond acceptors (Lipinski definition) is 6. The molecule has 10 heteroatoms. The van der Waals surface area contributed by atoms with E-state index in [0.717, 1.165) is 66.8 Å². The van der Waals surface area contributed by atoms with E-state index in [-0.39, 0.29) is 0 Å². The summed E-state index contributed by atoms with van der Waals surface area (Å²) >= 11 is 0. The predicted molar refractivity (Wildman–Crippen MR) is 504 cm³/mol. The van der Waals surface area contributed by atoms with Gasteiger partial charge in [0, 0.05) is 109 Å². The Labute approximate surface area is 699 Å². The number of hydrogen-bond donors (Lipinski definition) is 0. The Morgan fingerprint density at radius 3 is 0.836 bits per heavy atom. The minimum atomic E-state index is 0.627. The van der Waals surface area contributed by atoms with Crippen molar-refractivity contribution in [2.75, 3.05) is 0 Å². The third kappa shape index (κ3) is 11.0. The van der Waals surface area contributed by atoms with Gasteiger partial charge < -0.3 is 17.9 Å². The van der Waals surface area contributed by atoms with Gasteiger partial charge in [-0.3, -0.25) is 0 Å². The molecule has 0 radical (unpaired) electrons. The van der Waals surface area contributed by atoms with Crippen molar-refractivity contribution in [2.24, 2.45) is 0 Å². The Hall–Kier alpha value is -16.6. The van der Waals surface area contributed by atoms with Gasteiger partial charge in [0.05, 0.1) is 55.2 Å². The van der Waals surface area contributed by atoms with Crippen LogP contribution in [-0.2, 0) is 0 Å². The van der Waals surface area contributed by atoms with Crippen molar-refractivity contribution in [3.05, 3.63) is 413 Å². The summed E-state index contributed by atoms with van der Waals surface area (Å²) in [5.41, 5.74) is 27.0. The Bertz CT molecular complexity index is 8590. The highest BCUT2D eigenvalue weighted by Gasteiger charge is 2.24. The third-order valence-electron chi connectivity index (χ3n) is 24.8. The van der Waals surface area contributed by atoms with Crippen LogP contribution in [0.1, 0.15) is 0 Å². The molecule has 26 rings (SSSR count). The monoisotopic (exact) mass is 1550 g/mol. The smallest absolute Gasteiger partial charge is 0.164 e. The Balaban J connectivity index is 0.000000136. The van der Waals surface area contributed by atoms with Gasteiger partial charge in [-0.05, 0) is 153 Å². The minimum Gasteiger partial charge on any atom is -0.309 e. The molecule has 566 valence electrons. The van der Waals surface area contributed by atoms with Crippen LogP contribution in [0.25, 0.3) is 244 Å². The molecule has 0 bridgehead atoms. The zero-order chi connectivity index (χ0) is 80.0. The van der Waals surface area contributed by atoms with Crippen molar-refractivity contribution in [3.8, 4) is 113 Å². The van der Waals surface area contributed by atoms with E-state index in [2.05, 4.69) is 309 Å². The van der Waals surface area contributed by atoms with Gasteiger partial charge in [0.1, 0.15) is 0 Å². The summed E-state index contributed by atoms with van der Waals surface area (Å²) in [7, 11) is 0. The van der Waals surface area contributed by atoms with Crippen LogP contribution in [0, 0.1) is 0 Å². The van der Waals surface area contributed by atoms with Gasteiger partial charge in [0.2, 0.25) is 0 Å². The average molecular weight is 1550 g/mol. The van der Waals surface area contributed by atoms with E-state index in [9.17, 15) is 0 Å². The fraction of sp³-hybridized carbons (Fsp3) is 0. The summed E-state index contributed by atoms with van der Waals surface area (Å²) in [6, 6.07) is 147. The highest BCUT2D eigenvalue weighted by molar-refractivity contribution is 6.25. The minimum absolute atomic E-state index is 0.627. The molecule has 8 aromatic heterocycles. The standard InChI is InChI=1S/C61H37N5.C51H31N5/c1-3-15-38(16-4-1)59-62-60(39-17-5-2-6-18-39)64-61(63-59)43-20-13-21-45(34-43)65-54-27-11-10-24-48(54)52-36-42(30-32-56(52)65)51-37-44(33-41-19-7-8-22-46(41)51)40-29-31-57-53(35-40)50-26-14-25-49-47-23-9-12-28-55(47)66(57)58(49)50;1-3-13-32(14-4-1)49-52-50(33-15-5-2-6-16-33)54-51(53-49)36-17-11-18-37(29-36)55-44-23-9-8-20-39(44)42-30-34(25-27-46(42)55)35-26-28-47-43(31-35)41-22-12-21-40-38-19-7-10-24-45(38)56(47)48(40)41/h1-37H;1-31H. The van der Waals surface area contributed by atoms with E-state index in [1.165, 1.54) is 142 Å². The molecule has 26 aromatic rings. The van der Waals surface area contributed by atoms with Gasteiger partial charge in [-0.25, -0.2) is 29.9 Å². The molecule has 0 aliphatic carbocycles. The second kappa shape index (κ2) is 27.5. The molecule has 122 heavy (non-hydrogen) atoms. The van der Waals surface area contributed by atoms with Crippen molar-refractivity contribution in [1.82, 2.24) is 47.8 Å².